The van der Waals surface area contributed by atoms with Crippen LogP contribution in [0.4, 0.5) is 4.39 Å². The van der Waals surface area contributed by atoms with Crippen molar-refractivity contribution in [2.75, 3.05) is 0 Å². The smallest absolute Gasteiger partial charge is 0.329 e. The molecule has 0 saturated carbocycles. The van der Waals surface area contributed by atoms with Gasteiger partial charge in [0.2, 0.25) is 0 Å². The first-order valence-corrected chi connectivity index (χ1v) is 9.48. The normalized spacial score (nSPS) is 12.0. The fourth-order valence-electron chi connectivity index (χ4n) is 2.98. The lowest BCUT2D eigenvalue weighted by Gasteiger charge is -2.21. The van der Waals surface area contributed by atoms with E-state index in [1.165, 1.54) is 34.7 Å². The van der Waals surface area contributed by atoms with Crippen molar-refractivity contribution in [3.8, 4) is 0 Å². The van der Waals surface area contributed by atoms with Gasteiger partial charge in [0, 0.05) is 12.3 Å². The summed E-state index contributed by atoms with van der Waals surface area (Å²) >= 11 is 0. The van der Waals surface area contributed by atoms with E-state index in [2.05, 4.69) is 10.3 Å². The van der Waals surface area contributed by atoms with Crippen LogP contribution in [0.1, 0.15) is 35.5 Å². The van der Waals surface area contributed by atoms with Gasteiger partial charge in [0.1, 0.15) is 24.1 Å². The van der Waals surface area contributed by atoms with Crippen LogP contribution >= 0.6 is 0 Å². The molecule has 0 saturated heterocycles. The Morgan fingerprint density at radius 3 is 2.63 bits per heavy atom. The third kappa shape index (κ3) is 4.53. The first-order chi connectivity index (χ1) is 14.3. The Balaban J connectivity index is 1.74. The van der Waals surface area contributed by atoms with Crippen molar-refractivity contribution in [2.24, 2.45) is 5.92 Å². The van der Waals surface area contributed by atoms with Crippen molar-refractivity contribution in [1.29, 1.82) is 0 Å². The number of aryl methyl sites for hydroxylation is 1. The first kappa shape index (κ1) is 21.2. The molecule has 3 aromatic rings. The van der Waals surface area contributed by atoms with Gasteiger partial charge in [-0.2, -0.15) is 0 Å². The van der Waals surface area contributed by atoms with Crippen molar-refractivity contribution in [3.63, 3.8) is 0 Å². The minimum atomic E-state index is -0.986. The van der Waals surface area contributed by atoms with Crippen molar-refractivity contribution in [3.05, 3.63) is 81.7 Å². The van der Waals surface area contributed by atoms with Crippen LogP contribution in [-0.4, -0.2) is 27.3 Å². The van der Waals surface area contributed by atoms with Crippen LogP contribution in [0.25, 0.3) is 5.65 Å². The number of amides is 1. The third-order valence-electron chi connectivity index (χ3n) is 4.63. The Labute approximate surface area is 172 Å². The molecule has 0 aliphatic rings. The van der Waals surface area contributed by atoms with Crippen LogP contribution in [0, 0.1) is 18.7 Å². The van der Waals surface area contributed by atoms with Gasteiger partial charge in [0.25, 0.3) is 11.5 Å². The molecule has 0 fully saturated rings. The van der Waals surface area contributed by atoms with E-state index in [1.807, 2.05) is 13.0 Å². The van der Waals surface area contributed by atoms with E-state index in [0.717, 1.165) is 5.56 Å². The van der Waals surface area contributed by atoms with E-state index in [9.17, 15) is 18.8 Å². The number of fused-ring (bicyclic) bond motifs is 1. The van der Waals surface area contributed by atoms with E-state index in [-0.39, 0.29) is 23.6 Å². The zero-order chi connectivity index (χ0) is 21.8. The molecule has 0 spiro atoms. The molecule has 2 heterocycles. The zero-order valence-corrected chi connectivity index (χ0v) is 16.9. The van der Waals surface area contributed by atoms with Crippen LogP contribution in [-0.2, 0) is 16.1 Å². The van der Waals surface area contributed by atoms with Crippen molar-refractivity contribution in [2.45, 2.75) is 33.4 Å². The molecule has 3 rings (SSSR count). The number of halogens is 1. The lowest BCUT2D eigenvalue weighted by molar-refractivity contribution is -0.148. The predicted molar refractivity (Wildman–Crippen MR) is 108 cm³/mol. The van der Waals surface area contributed by atoms with Crippen LogP contribution in [0.5, 0.6) is 0 Å². The zero-order valence-electron chi connectivity index (χ0n) is 16.9. The highest BCUT2D eigenvalue weighted by Gasteiger charge is 2.27. The average molecular weight is 411 g/mol. The Morgan fingerprint density at radius 2 is 1.93 bits per heavy atom. The van der Waals surface area contributed by atoms with Crippen LogP contribution in [0.15, 0.2) is 53.5 Å². The molecule has 1 N–H and O–H groups in total. The molecule has 30 heavy (non-hydrogen) atoms. The van der Waals surface area contributed by atoms with Gasteiger partial charge in [-0.05, 0) is 36.6 Å². The number of hydrogen-bond acceptors (Lipinski definition) is 5. The highest BCUT2D eigenvalue weighted by Crippen LogP contribution is 2.11. The molecule has 0 aliphatic heterocycles. The van der Waals surface area contributed by atoms with Gasteiger partial charge in [0.05, 0.1) is 11.3 Å². The molecule has 8 heteroatoms. The summed E-state index contributed by atoms with van der Waals surface area (Å²) in [5, 5.41) is 2.52. The molecular weight excluding hydrogens is 389 g/mol. The molecule has 1 atom stereocenters. The summed E-state index contributed by atoms with van der Waals surface area (Å²) in [6.07, 6.45) is 1.61. The number of pyridine rings is 1. The number of nitrogens with zero attached hydrogens (tertiary/aromatic N) is 2. The maximum atomic E-state index is 13.8. The van der Waals surface area contributed by atoms with Gasteiger partial charge >= 0.3 is 5.97 Å². The highest BCUT2D eigenvalue weighted by molar-refractivity contribution is 5.97. The lowest BCUT2D eigenvalue weighted by atomic mass is 10.0. The fraction of sp³-hybridized carbons (Fsp3) is 0.273. The number of nitrogens with one attached hydrogen (secondary N) is 1. The minimum absolute atomic E-state index is 0.157. The van der Waals surface area contributed by atoms with Gasteiger partial charge in [-0.25, -0.2) is 14.2 Å². The summed E-state index contributed by atoms with van der Waals surface area (Å²) in [6.45, 7) is 5.07. The number of carbonyl (C=O) groups is 2. The number of carbonyl (C=O) groups excluding carboxylic acids is 2. The summed E-state index contributed by atoms with van der Waals surface area (Å²) in [7, 11) is 0. The number of aromatic nitrogens is 2. The Morgan fingerprint density at radius 1 is 1.20 bits per heavy atom. The van der Waals surface area contributed by atoms with Gasteiger partial charge < -0.3 is 10.1 Å². The molecule has 0 aliphatic carbocycles. The Hall–Kier alpha value is -3.55. The molecule has 0 unspecified atom stereocenters. The fourth-order valence-corrected chi connectivity index (χ4v) is 2.98. The molecule has 0 bridgehead atoms. The van der Waals surface area contributed by atoms with Crippen molar-refractivity contribution < 1.29 is 18.7 Å². The van der Waals surface area contributed by atoms with E-state index < -0.39 is 23.7 Å². The first-order valence-electron chi connectivity index (χ1n) is 9.48. The summed E-state index contributed by atoms with van der Waals surface area (Å²) in [6, 6.07) is 9.39. The number of benzene rings is 1. The lowest BCUT2D eigenvalue weighted by Crippen LogP contribution is -2.45. The molecule has 0 radical (unpaired) electrons. The van der Waals surface area contributed by atoms with E-state index >= 15 is 0 Å². The maximum Gasteiger partial charge on any atom is 0.329 e. The molecule has 7 nitrogen and oxygen atoms in total. The van der Waals surface area contributed by atoms with Crippen LogP contribution in [0.3, 0.4) is 0 Å². The predicted octanol–water partition coefficient (Wildman–Crippen LogP) is 2.64. The second-order valence-electron chi connectivity index (χ2n) is 7.25. The van der Waals surface area contributed by atoms with Crippen LogP contribution in [0.2, 0.25) is 0 Å². The topological polar surface area (TPSA) is 89.8 Å². The van der Waals surface area contributed by atoms with E-state index in [1.54, 1.807) is 26.1 Å². The minimum Gasteiger partial charge on any atom is -0.458 e. The number of ether oxygens (including phenoxy) is 1. The third-order valence-corrected chi connectivity index (χ3v) is 4.63. The average Bonchev–Trinajstić information content (AvgIpc) is 2.71. The van der Waals surface area contributed by atoms with Crippen LogP contribution < -0.4 is 10.9 Å². The van der Waals surface area contributed by atoms with Gasteiger partial charge in [-0.3, -0.25) is 14.0 Å². The largest absolute Gasteiger partial charge is 0.458 e. The number of esters is 1. The second-order valence-corrected chi connectivity index (χ2v) is 7.25. The molecule has 1 amide bonds. The quantitative estimate of drug-likeness (QED) is 0.630. The Bertz CT molecular complexity index is 1160. The summed E-state index contributed by atoms with van der Waals surface area (Å²) in [4.78, 5) is 41.6. The van der Waals surface area contributed by atoms with Gasteiger partial charge in [-0.1, -0.05) is 32.0 Å². The van der Waals surface area contributed by atoms with E-state index in [0.29, 0.717) is 11.3 Å². The summed E-state index contributed by atoms with van der Waals surface area (Å²) in [5.41, 5.74) is 1.13. The van der Waals surface area contributed by atoms with Crippen molar-refractivity contribution in [1.82, 2.24) is 14.7 Å². The Kier molecular flexibility index (Phi) is 6.25. The second kappa shape index (κ2) is 8.86. The summed E-state index contributed by atoms with van der Waals surface area (Å²) in [5.74, 6) is -2.38. The van der Waals surface area contributed by atoms with Gasteiger partial charge in [0.15, 0.2) is 0 Å². The standard InChI is InChI=1S/C22H22FN3O4/c1-13(2)19(25-21(28)16-8-4-5-9-17(16)23)22(29)30-12-15-11-18(27)26-10-6-7-14(3)20(26)24-15/h4-11,13,19H,12H2,1-3H3,(H,25,28)/t19-/m0/s1. The highest BCUT2D eigenvalue weighted by atomic mass is 19.1. The molecule has 1 aromatic carbocycles. The van der Waals surface area contributed by atoms with E-state index in [4.69, 9.17) is 4.74 Å². The molecule has 2 aromatic heterocycles. The molecule has 156 valence electrons. The number of hydrogen-bond donors (Lipinski definition) is 1. The number of rotatable bonds is 6. The van der Waals surface area contributed by atoms with Crippen molar-refractivity contribution >= 4 is 17.5 Å². The van der Waals surface area contributed by atoms with Gasteiger partial charge in [-0.15, -0.1) is 0 Å². The summed E-state index contributed by atoms with van der Waals surface area (Å²) < 4.78 is 20.6. The maximum absolute atomic E-state index is 13.8. The SMILES string of the molecule is Cc1cccn2c(=O)cc(COC(=O)[C@@H](NC(=O)c3ccccc3F)C(C)C)nc12. The molecular formula is C22H22FN3O4. The monoisotopic (exact) mass is 411 g/mol.